The van der Waals surface area contributed by atoms with Crippen LogP contribution in [0, 0.1) is 0 Å². The lowest BCUT2D eigenvalue weighted by Gasteiger charge is -2.21. The first-order valence-electron chi connectivity index (χ1n) is 4.61. The van der Waals surface area contributed by atoms with Crippen molar-refractivity contribution in [1.29, 1.82) is 0 Å². The molecule has 0 amide bonds. The molecule has 0 aromatic heterocycles. The van der Waals surface area contributed by atoms with Gasteiger partial charge in [-0.1, -0.05) is 6.08 Å². The van der Waals surface area contributed by atoms with E-state index in [0.29, 0.717) is 0 Å². The van der Waals surface area contributed by atoms with Crippen LogP contribution in [0.25, 0.3) is 0 Å². The van der Waals surface area contributed by atoms with Gasteiger partial charge in [-0.2, -0.15) is 0 Å². The van der Waals surface area contributed by atoms with Crippen molar-refractivity contribution >= 4 is 28.4 Å². The van der Waals surface area contributed by atoms with E-state index in [1.807, 2.05) is 12.3 Å². The van der Waals surface area contributed by atoms with Gasteiger partial charge in [0.1, 0.15) is 5.84 Å². The summed E-state index contributed by atoms with van der Waals surface area (Å²) in [6.45, 7) is 6.39. The lowest BCUT2D eigenvalue weighted by Crippen LogP contribution is -2.29. The maximum absolute atomic E-state index is 4.42. The number of hydrogen-bond acceptors (Lipinski definition) is 2. The van der Waals surface area contributed by atoms with Crippen molar-refractivity contribution in [3.05, 3.63) is 21.9 Å². The molecule has 0 bridgehead atoms. The second-order valence-corrected chi connectivity index (χ2v) is 4.07. The minimum Gasteiger partial charge on any atom is -0.360 e. The number of nitrogens with zero attached hydrogens (tertiary/aromatic N) is 2. The van der Waals surface area contributed by atoms with E-state index in [1.54, 1.807) is 0 Å². The molecule has 0 radical (unpaired) electrons. The highest BCUT2D eigenvalue weighted by Crippen LogP contribution is 2.13. The second-order valence-electron chi connectivity index (χ2n) is 2.83. The van der Waals surface area contributed by atoms with E-state index in [1.165, 1.54) is 9.42 Å². The van der Waals surface area contributed by atoms with Crippen molar-refractivity contribution in [2.45, 2.75) is 20.3 Å². The predicted molar refractivity (Wildman–Crippen MR) is 66.2 cm³/mol. The van der Waals surface area contributed by atoms with Crippen molar-refractivity contribution in [1.82, 2.24) is 4.90 Å². The maximum atomic E-state index is 4.42. The summed E-state index contributed by atoms with van der Waals surface area (Å²) >= 11 is 2.32. The van der Waals surface area contributed by atoms with E-state index in [2.05, 4.69) is 52.4 Å². The summed E-state index contributed by atoms with van der Waals surface area (Å²) in [5.41, 5.74) is 0. The van der Waals surface area contributed by atoms with Crippen molar-refractivity contribution < 1.29 is 0 Å². The smallest absolute Gasteiger partial charge is 0.108 e. The van der Waals surface area contributed by atoms with Gasteiger partial charge < -0.3 is 4.90 Å². The van der Waals surface area contributed by atoms with E-state index in [4.69, 9.17) is 0 Å². The third-order valence-corrected chi connectivity index (χ3v) is 2.87. The topological polar surface area (TPSA) is 15.6 Å². The Kier molecular flexibility index (Phi) is 4.48. The Bertz CT molecular complexity index is 247. The zero-order valence-electron chi connectivity index (χ0n) is 8.13. The number of allylic oxidation sites excluding steroid dienone is 2. The van der Waals surface area contributed by atoms with Gasteiger partial charge in [0.05, 0.1) is 0 Å². The summed E-state index contributed by atoms with van der Waals surface area (Å²) in [6.07, 6.45) is 7.09. The van der Waals surface area contributed by atoms with Crippen LogP contribution in [0.5, 0.6) is 0 Å². The molecule has 0 saturated heterocycles. The Morgan fingerprint density at radius 1 is 1.46 bits per heavy atom. The Hall–Kier alpha value is -0.320. The first kappa shape index (κ1) is 10.8. The van der Waals surface area contributed by atoms with E-state index in [0.717, 1.165) is 19.5 Å². The van der Waals surface area contributed by atoms with Crippen LogP contribution in [0.2, 0.25) is 0 Å². The van der Waals surface area contributed by atoms with E-state index in [9.17, 15) is 0 Å². The van der Waals surface area contributed by atoms with Gasteiger partial charge >= 0.3 is 0 Å². The van der Waals surface area contributed by atoms with Crippen molar-refractivity contribution in [2.75, 3.05) is 13.1 Å². The first-order valence-corrected chi connectivity index (χ1v) is 5.69. The summed E-state index contributed by atoms with van der Waals surface area (Å²) in [5, 5.41) is 0. The molecule has 0 atom stereocenters. The van der Waals surface area contributed by atoms with Crippen LogP contribution in [-0.4, -0.2) is 23.8 Å². The zero-order valence-corrected chi connectivity index (χ0v) is 10.3. The summed E-state index contributed by atoms with van der Waals surface area (Å²) in [4.78, 5) is 6.71. The van der Waals surface area contributed by atoms with Crippen LogP contribution in [0.1, 0.15) is 20.3 Å². The molecule has 1 rings (SSSR count). The number of hydrogen-bond donors (Lipinski definition) is 0. The molecule has 13 heavy (non-hydrogen) atoms. The fourth-order valence-electron chi connectivity index (χ4n) is 1.30. The number of halogens is 1. The summed E-state index contributed by atoms with van der Waals surface area (Å²) in [6, 6.07) is 0. The van der Waals surface area contributed by atoms with Crippen LogP contribution in [0.3, 0.4) is 0 Å². The number of rotatable bonds is 2. The molecule has 0 saturated carbocycles. The fraction of sp³-hybridized carbons (Fsp3) is 0.500. The molecule has 2 nitrogen and oxygen atoms in total. The average Bonchev–Trinajstić information content (AvgIpc) is 2.34. The molecular formula is C10H15IN2. The van der Waals surface area contributed by atoms with Gasteiger partial charge in [0, 0.05) is 29.3 Å². The normalized spacial score (nSPS) is 16.2. The number of aliphatic imine (C=N–C) groups is 1. The zero-order chi connectivity index (χ0) is 9.68. The van der Waals surface area contributed by atoms with Gasteiger partial charge in [-0.05, 0) is 42.5 Å². The van der Waals surface area contributed by atoms with Crippen LogP contribution in [0.4, 0.5) is 0 Å². The van der Waals surface area contributed by atoms with Gasteiger partial charge in [-0.3, -0.25) is 0 Å². The quantitative estimate of drug-likeness (QED) is 0.714. The summed E-state index contributed by atoms with van der Waals surface area (Å²) < 4.78 is 1.27. The maximum Gasteiger partial charge on any atom is 0.108 e. The molecule has 0 N–H and O–H groups in total. The van der Waals surface area contributed by atoms with Crippen molar-refractivity contribution in [2.24, 2.45) is 4.99 Å². The molecule has 1 heterocycles. The molecular weight excluding hydrogens is 275 g/mol. The van der Waals surface area contributed by atoms with Crippen molar-refractivity contribution in [3.8, 4) is 0 Å². The Balaban J connectivity index is 2.71. The third kappa shape index (κ3) is 3.14. The predicted octanol–water partition coefficient (Wildman–Crippen LogP) is 2.96. The number of amidine groups is 1. The van der Waals surface area contributed by atoms with E-state index in [-0.39, 0.29) is 0 Å². The SMILES string of the molecule is CCN(CC)C1=NC=CC(I)=CC1. The van der Waals surface area contributed by atoms with Gasteiger partial charge in [-0.15, -0.1) is 0 Å². The second kappa shape index (κ2) is 5.42. The minimum atomic E-state index is 0.951. The Labute approximate surface area is 93.6 Å². The van der Waals surface area contributed by atoms with Crippen LogP contribution >= 0.6 is 22.6 Å². The summed E-state index contributed by atoms with van der Waals surface area (Å²) in [7, 11) is 0. The lowest BCUT2D eigenvalue weighted by molar-refractivity contribution is 0.459. The molecule has 3 heteroatoms. The molecule has 0 aliphatic carbocycles. The van der Waals surface area contributed by atoms with Gasteiger partial charge in [0.2, 0.25) is 0 Å². The fourth-order valence-corrected chi connectivity index (χ4v) is 1.68. The van der Waals surface area contributed by atoms with Gasteiger partial charge in [-0.25, -0.2) is 4.99 Å². The van der Waals surface area contributed by atoms with Crippen LogP contribution in [-0.2, 0) is 0 Å². The largest absolute Gasteiger partial charge is 0.360 e. The van der Waals surface area contributed by atoms with Crippen LogP contribution in [0.15, 0.2) is 26.9 Å². The van der Waals surface area contributed by atoms with Crippen molar-refractivity contribution in [3.63, 3.8) is 0 Å². The monoisotopic (exact) mass is 290 g/mol. The Morgan fingerprint density at radius 2 is 2.15 bits per heavy atom. The highest BCUT2D eigenvalue weighted by Gasteiger charge is 2.06. The van der Waals surface area contributed by atoms with Gasteiger partial charge in [0.15, 0.2) is 0 Å². The third-order valence-electron chi connectivity index (χ3n) is 2.07. The minimum absolute atomic E-state index is 0.951. The molecule has 1 aliphatic rings. The lowest BCUT2D eigenvalue weighted by atomic mass is 10.3. The van der Waals surface area contributed by atoms with E-state index >= 15 is 0 Å². The Morgan fingerprint density at radius 3 is 2.77 bits per heavy atom. The van der Waals surface area contributed by atoms with E-state index < -0.39 is 0 Å². The molecule has 0 spiro atoms. The van der Waals surface area contributed by atoms with Crippen LogP contribution < -0.4 is 0 Å². The average molecular weight is 290 g/mol. The molecule has 0 aromatic carbocycles. The molecule has 0 fully saturated rings. The van der Waals surface area contributed by atoms with Gasteiger partial charge in [0.25, 0.3) is 0 Å². The molecule has 1 aliphatic heterocycles. The highest BCUT2D eigenvalue weighted by atomic mass is 127. The first-order chi connectivity index (χ1) is 6.27. The standard InChI is InChI=1S/C10H15IN2/c1-3-13(4-2)10-6-5-9(11)7-8-12-10/h5,7-8H,3-4,6H2,1-2H3. The molecule has 0 aromatic rings. The summed E-state index contributed by atoms with van der Waals surface area (Å²) in [5.74, 6) is 1.17. The molecule has 0 unspecified atom stereocenters. The highest BCUT2D eigenvalue weighted by molar-refractivity contribution is 14.1. The molecule has 72 valence electrons.